The Morgan fingerprint density at radius 1 is 1.32 bits per heavy atom. The second-order valence-electron chi connectivity index (χ2n) is 5.83. The highest BCUT2D eigenvalue weighted by Gasteiger charge is 2.28. The summed E-state index contributed by atoms with van der Waals surface area (Å²) in [6.07, 6.45) is 4.73. The molecule has 1 aliphatic heterocycles. The fourth-order valence-electron chi connectivity index (χ4n) is 2.92. The van der Waals surface area contributed by atoms with Gasteiger partial charge in [-0.2, -0.15) is 5.10 Å². The highest BCUT2D eigenvalue weighted by Crippen LogP contribution is 2.23. The molecule has 0 bridgehead atoms. The lowest BCUT2D eigenvalue weighted by Crippen LogP contribution is -2.27. The van der Waals surface area contributed by atoms with Gasteiger partial charge in [-0.15, -0.1) is 0 Å². The Labute approximate surface area is 130 Å². The van der Waals surface area contributed by atoms with E-state index in [0.717, 1.165) is 29.9 Å². The van der Waals surface area contributed by atoms with Crippen molar-refractivity contribution in [2.45, 2.75) is 12.8 Å². The van der Waals surface area contributed by atoms with E-state index >= 15 is 0 Å². The minimum atomic E-state index is -3.08. The van der Waals surface area contributed by atoms with Gasteiger partial charge in [0.15, 0.2) is 0 Å². The first-order valence-corrected chi connectivity index (χ1v) is 9.18. The molecule has 1 aliphatic rings. The summed E-state index contributed by atoms with van der Waals surface area (Å²) in [6.45, 7) is 1.21. The number of aryl methyl sites for hydroxylation is 1. The van der Waals surface area contributed by atoms with Crippen LogP contribution in [0.15, 0.2) is 30.5 Å². The summed E-state index contributed by atoms with van der Waals surface area (Å²) in [5.74, 6) is 0.337. The van der Waals surface area contributed by atoms with Crippen LogP contribution in [0.4, 0.5) is 0 Å². The lowest BCUT2D eigenvalue weighted by molar-refractivity contribution is 0.459. The van der Waals surface area contributed by atoms with E-state index in [2.05, 4.69) is 5.10 Å². The average molecular weight is 320 g/mol. The fraction of sp³-hybridized carbons (Fsp3) is 0.467. The Morgan fingerprint density at radius 3 is 2.77 bits per heavy atom. The molecule has 118 valence electrons. The van der Waals surface area contributed by atoms with Crippen molar-refractivity contribution in [1.82, 2.24) is 19.1 Å². The molecule has 7 heteroatoms. The highest BCUT2D eigenvalue weighted by molar-refractivity contribution is 7.88. The van der Waals surface area contributed by atoms with Crippen LogP contribution >= 0.6 is 0 Å². The molecule has 0 spiro atoms. The minimum Gasteiger partial charge on any atom is -0.266 e. The second kappa shape index (κ2) is 5.81. The van der Waals surface area contributed by atoms with E-state index in [0.29, 0.717) is 19.0 Å². The lowest BCUT2D eigenvalue weighted by Gasteiger charge is -2.13. The maximum atomic E-state index is 11.6. The van der Waals surface area contributed by atoms with E-state index in [1.807, 2.05) is 31.3 Å². The zero-order chi connectivity index (χ0) is 15.7. The maximum Gasteiger partial charge on any atom is 0.211 e. The van der Waals surface area contributed by atoms with Gasteiger partial charge in [0, 0.05) is 32.0 Å². The summed E-state index contributed by atoms with van der Waals surface area (Å²) in [4.78, 5) is 4.70. The van der Waals surface area contributed by atoms with Gasteiger partial charge < -0.3 is 0 Å². The normalized spacial score (nSPS) is 19.6. The summed E-state index contributed by atoms with van der Waals surface area (Å²) >= 11 is 0. The molecule has 1 atom stereocenters. The summed E-state index contributed by atoms with van der Waals surface area (Å²) in [7, 11) is -1.18. The fourth-order valence-corrected chi connectivity index (χ4v) is 3.84. The van der Waals surface area contributed by atoms with E-state index in [1.54, 1.807) is 15.2 Å². The van der Waals surface area contributed by atoms with Crippen LogP contribution in [0.3, 0.4) is 0 Å². The molecule has 0 radical (unpaired) electrons. The van der Waals surface area contributed by atoms with Crippen LogP contribution in [0, 0.1) is 5.92 Å². The molecule has 1 saturated heterocycles. The number of rotatable bonds is 4. The monoisotopic (exact) mass is 320 g/mol. The van der Waals surface area contributed by atoms with Crippen LogP contribution in [-0.4, -0.2) is 46.8 Å². The van der Waals surface area contributed by atoms with Gasteiger partial charge in [-0.25, -0.2) is 12.7 Å². The van der Waals surface area contributed by atoms with Crippen LogP contribution in [0.2, 0.25) is 0 Å². The zero-order valence-electron chi connectivity index (χ0n) is 12.8. The van der Waals surface area contributed by atoms with Crippen LogP contribution in [0.25, 0.3) is 11.4 Å². The van der Waals surface area contributed by atoms with E-state index < -0.39 is 10.0 Å². The van der Waals surface area contributed by atoms with Gasteiger partial charge in [0.05, 0.1) is 17.6 Å². The van der Waals surface area contributed by atoms with Crippen molar-refractivity contribution in [3.05, 3.63) is 36.2 Å². The molecule has 3 rings (SSSR count). The molecule has 1 fully saturated rings. The van der Waals surface area contributed by atoms with Gasteiger partial charge in [0.2, 0.25) is 10.0 Å². The van der Waals surface area contributed by atoms with Gasteiger partial charge in [-0.05, 0) is 37.0 Å². The van der Waals surface area contributed by atoms with Gasteiger partial charge in [0.1, 0.15) is 0 Å². The summed E-state index contributed by atoms with van der Waals surface area (Å²) < 4.78 is 26.5. The Bertz CT molecular complexity index is 769. The molecule has 0 saturated carbocycles. The van der Waals surface area contributed by atoms with Crippen molar-refractivity contribution in [2.75, 3.05) is 19.3 Å². The topological polar surface area (TPSA) is 68.1 Å². The smallest absolute Gasteiger partial charge is 0.211 e. The first kappa shape index (κ1) is 15.2. The van der Waals surface area contributed by atoms with Gasteiger partial charge in [-0.1, -0.05) is 6.07 Å². The number of nitrogens with zero attached hydrogens (tertiary/aromatic N) is 4. The van der Waals surface area contributed by atoms with Crippen LogP contribution < -0.4 is 0 Å². The second-order valence-corrected chi connectivity index (χ2v) is 7.82. The molecule has 0 aliphatic carbocycles. The zero-order valence-corrected chi connectivity index (χ0v) is 13.6. The molecular weight excluding hydrogens is 300 g/mol. The molecule has 3 heterocycles. The average Bonchev–Trinajstić information content (AvgIpc) is 3.07. The predicted octanol–water partition coefficient (Wildman–Crippen LogP) is 1.31. The molecule has 2 aromatic rings. The van der Waals surface area contributed by atoms with Crippen LogP contribution in [0.5, 0.6) is 0 Å². The number of hydrogen-bond donors (Lipinski definition) is 0. The summed E-state index contributed by atoms with van der Waals surface area (Å²) in [5.41, 5.74) is 2.88. The summed E-state index contributed by atoms with van der Waals surface area (Å²) in [5, 5.41) is 4.17. The predicted molar refractivity (Wildman–Crippen MR) is 84.7 cm³/mol. The first-order chi connectivity index (χ1) is 10.4. The molecule has 0 unspecified atom stereocenters. The Kier molecular flexibility index (Phi) is 4.01. The van der Waals surface area contributed by atoms with Gasteiger partial charge in [-0.3, -0.25) is 9.67 Å². The highest BCUT2D eigenvalue weighted by atomic mass is 32.2. The van der Waals surface area contributed by atoms with Crippen molar-refractivity contribution < 1.29 is 8.42 Å². The Hall–Kier alpha value is -1.73. The van der Waals surface area contributed by atoms with Crippen LogP contribution in [-0.2, 0) is 23.5 Å². The molecule has 0 amide bonds. The SMILES string of the molecule is Cn1nccc1-c1cccc(C[C@H]2CCN(S(C)(=O)=O)C2)n1. The largest absolute Gasteiger partial charge is 0.266 e. The van der Waals surface area contributed by atoms with E-state index in [9.17, 15) is 8.42 Å². The number of hydrogen-bond acceptors (Lipinski definition) is 4. The number of pyridine rings is 1. The third-order valence-electron chi connectivity index (χ3n) is 4.11. The Morgan fingerprint density at radius 2 is 2.14 bits per heavy atom. The van der Waals surface area contributed by atoms with Crippen molar-refractivity contribution in [1.29, 1.82) is 0 Å². The molecule has 22 heavy (non-hydrogen) atoms. The maximum absolute atomic E-state index is 11.6. The minimum absolute atomic E-state index is 0.337. The third-order valence-corrected chi connectivity index (χ3v) is 5.38. The summed E-state index contributed by atoms with van der Waals surface area (Å²) in [6, 6.07) is 7.90. The van der Waals surface area contributed by atoms with Gasteiger partial charge in [0.25, 0.3) is 0 Å². The molecular formula is C15H20N4O2S. The number of sulfonamides is 1. The van der Waals surface area contributed by atoms with E-state index in [-0.39, 0.29) is 0 Å². The standard InChI is InChI=1S/C15H20N4O2S/c1-18-15(6-8-16-18)14-5-3-4-13(17-14)10-12-7-9-19(11-12)22(2,20)21/h3-6,8,12H,7,9-11H2,1-2H3/t12-/m1/s1. The Balaban J connectivity index is 1.73. The van der Waals surface area contributed by atoms with Crippen molar-refractivity contribution in [3.8, 4) is 11.4 Å². The first-order valence-electron chi connectivity index (χ1n) is 7.33. The third kappa shape index (κ3) is 3.20. The molecule has 6 nitrogen and oxygen atoms in total. The molecule has 0 N–H and O–H groups in total. The van der Waals surface area contributed by atoms with E-state index in [4.69, 9.17) is 4.98 Å². The molecule has 0 aromatic carbocycles. The van der Waals surface area contributed by atoms with E-state index in [1.165, 1.54) is 6.26 Å². The van der Waals surface area contributed by atoms with Crippen LogP contribution in [0.1, 0.15) is 12.1 Å². The number of aromatic nitrogens is 3. The van der Waals surface area contributed by atoms with Crippen molar-refractivity contribution >= 4 is 10.0 Å². The van der Waals surface area contributed by atoms with Gasteiger partial charge >= 0.3 is 0 Å². The molecule has 2 aromatic heterocycles. The van der Waals surface area contributed by atoms with Crippen molar-refractivity contribution in [2.24, 2.45) is 13.0 Å². The quantitative estimate of drug-likeness (QED) is 0.852. The lowest BCUT2D eigenvalue weighted by atomic mass is 10.0. The van der Waals surface area contributed by atoms with Crippen molar-refractivity contribution in [3.63, 3.8) is 0 Å².